The predicted molar refractivity (Wildman–Crippen MR) is 106 cm³/mol. The summed E-state index contributed by atoms with van der Waals surface area (Å²) in [6.45, 7) is 4.45. The normalized spacial score (nSPS) is 13.8. The van der Waals surface area contributed by atoms with Crippen molar-refractivity contribution in [2.75, 3.05) is 50.6 Å². The number of amides is 2. The first-order chi connectivity index (χ1) is 13.5. The lowest BCUT2D eigenvalue weighted by atomic mass is 10.2. The molecule has 2 heterocycles. The number of ether oxygens (including phenoxy) is 2. The van der Waals surface area contributed by atoms with E-state index >= 15 is 0 Å². The third kappa shape index (κ3) is 4.33. The summed E-state index contributed by atoms with van der Waals surface area (Å²) in [4.78, 5) is 32.3. The molecular formula is C20H24N4O4. The maximum absolute atomic E-state index is 12.6. The van der Waals surface area contributed by atoms with Gasteiger partial charge in [0.2, 0.25) is 5.91 Å². The summed E-state index contributed by atoms with van der Waals surface area (Å²) in [5.74, 6) is 0.912. The summed E-state index contributed by atoms with van der Waals surface area (Å²) < 4.78 is 10.5. The van der Waals surface area contributed by atoms with E-state index in [-0.39, 0.29) is 11.8 Å². The standard InChI is InChI=1S/C20H24N4O4/c1-14(25)23-8-10-24(11-9-23)15-4-6-17(21-13-15)20(26)22-18-12-16(27-2)5-7-19(18)28-3/h4-7,12-13H,8-11H2,1-3H3,(H,22,26). The Kier molecular flexibility index (Phi) is 5.98. The zero-order valence-corrected chi connectivity index (χ0v) is 16.3. The quantitative estimate of drug-likeness (QED) is 0.849. The van der Waals surface area contributed by atoms with Crippen molar-refractivity contribution >= 4 is 23.2 Å². The maximum Gasteiger partial charge on any atom is 0.274 e. The van der Waals surface area contributed by atoms with E-state index in [1.54, 1.807) is 44.5 Å². The molecule has 0 unspecified atom stereocenters. The minimum atomic E-state index is -0.334. The van der Waals surface area contributed by atoms with Gasteiger partial charge in [-0.15, -0.1) is 0 Å². The van der Waals surface area contributed by atoms with Crippen LogP contribution >= 0.6 is 0 Å². The van der Waals surface area contributed by atoms with Crippen molar-refractivity contribution in [3.05, 3.63) is 42.2 Å². The molecule has 1 aliphatic rings. The second-order valence-electron chi connectivity index (χ2n) is 6.42. The first kappa shape index (κ1) is 19.5. The van der Waals surface area contributed by atoms with Gasteiger partial charge in [-0.3, -0.25) is 9.59 Å². The molecule has 148 valence electrons. The van der Waals surface area contributed by atoms with Crippen LogP contribution in [0.2, 0.25) is 0 Å². The number of anilines is 2. The molecular weight excluding hydrogens is 360 g/mol. The summed E-state index contributed by atoms with van der Waals surface area (Å²) in [6.07, 6.45) is 1.68. The van der Waals surface area contributed by atoms with Gasteiger partial charge in [0.1, 0.15) is 17.2 Å². The van der Waals surface area contributed by atoms with Gasteiger partial charge in [-0.1, -0.05) is 0 Å². The zero-order chi connectivity index (χ0) is 20.1. The molecule has 0 radical (unpaired) electrons. The Hall–Kier alpha value is -3.29. The van der Waals surface area contributed by atoms with Crippen LogP contribution in [-0.2, 0) is 4.79 Å². The molecule has 0 atom stereocenters. The van der Waals surface area contributed by atoms with Crippen LogP contribution in [0, 0.1) is 0 Å². The van der Waals surface area contributed by atoms with Gasteiger partial charge < -0.3 is 24.6 Å². The third-order valence-electron chi connectivity index (χ3n) is 4.73. The van der Waals surface area contributed by atoms with Gasteiger partial charge in [0.05, 0.1) is 31.8 Å². The number of nitrogens with zero attached hydrogens (tertiary/aromatic N) is 3. The van der Waals surface area contributed by atoms with Gasteiger partial charge in [0.25, 0.3) is 5.91 Å². The van der Waals surface area contributed by atoms with Crippen LogP contribution in [0.4, 0.5) is 11.4 Å². The summed E-state index contributed by atoms with van der Waals surface area (Å²) in [7, 11) is 3.10. The number of hydrogen-bond donors (Lipinski definition) is 1. The largest absolute Gasteiger partial charge is 0.497 e. The number of pyridine rings is 1. The lowest BCUT2D eigenvalue weighted by Crippen LogP contribution is -2.48. The van der Waals surface area contributed by atoms with Crippen molar-refractivity contribution in [1.82, 2.24) is 9.88 Å². The van der Waals surface area contributed by atoms with Gasteiger partial charge in [0.15, 0.2) is 0 Å². The van der Waals surface area contributed by atoms with Crippen molar-refractivity contribution in [2.24, 2.45) is 0 Å². The molecule has 0 aliphatic carbocycles. The lowest BCUT2D eigenvalue weighted by molar-refractivity contribution is -0.129. The van der Waals surface area contributed by atoms with Gasteiger partial charge in [-0.25, -0.2) is 4.98 Å². The molecule has 0 spiro atoms. The fourth-order valence-corrected chi connectivity index (χ4v) is 3.09. The van der Waals surface area contributed by atoms with Crippen LogP contribution < -0.4 is 19.7 Å². The van der Waals surface area contributed by atoms with Crippen LogP contribution in [-0.4, -0.2) is 62.1 Å². The average molecular weight is 384 g/mol. The molecule has 1 N–H and O–H groups in total. The molecule has 0 saturated carbocycles. The smallest absolute Gasteiger partial charge is 0.274 e. The fourth-order valence-electron chi connectivity index (χ4n) is 3.09. The number of carbonyl (C=O) groups is 2. The Morgan fingerprint density at radius 2 is 1.79 bits per heavy atom. The minimum Gasteiger partial charge on any atom is -0.497 e. The number of rotatable bonds is 5. The number of hydrogen-bond acceptors (Lipinski definition) is 6. The van der Waals surface area contributed by atoms with Crippen LogP contribution in [0.5, 0.6) is 11.5 Å². The van der Waals surface area contributed by atoms with E-state index in [1.165, 1.54) is 7.11 Å². The molecule has 1 aromatic heterocycles. The van der Waals surface area contributed by atoms with Crippen LogP contribution in [0.3, 0.4) is 0 Å². The van der Waals surface area contributed by atoms with Crippen molar-refractivity contribution in [3.8, 4) is 11.5 Å². The molecule has 1 aliphatic heterocycles. The van der Waals surface area contributed by atoms with Crippen LogP contribution in [0.25, 0.3) is 0 Å². The Bertz CT molecular complexity index is 846. The third-order valence-corrected chi connectivity index (χ3v) is 4.73. The summed E-state index contributed by atoms with van der Waals surface area (Å²) in [5.41, 5.74) is 1.74. The first-order valence-electron chi connectivity index (χ1n) is 9.01. The second-order valence-corrected chi connectivity index (χ2v) is 6.42. The van der Waals surface area contributed by atoms with E-state index in [9.17, 15) is 9.59 Å². The number of methoxy groups -OCH3 is 2. The van der Waals surface area contributed by atoms with E-state index in [2.05, 4.69) is 15.2 Å². The average Bonchev–Trinajstić information content (AvgIpc) is 2.73. The van der Waals surface area contributed by atoms with Crippen LogP contribution in [0.1, 0.15) is 17.4 Å². The fraction of sp³-hybridized carbons (Fsp3) is 0.350. The predicted octanol–water partition coefficient (Wildman–Crippen LogP) is 2.02. The van der Waals surface area contributed by atoms with Gasteiger partial charge >= 0.3 is 0 Å². The highest BCUT2D eigenvalue weighted by Gasteiger charge is 2.19. The summed E-state index contributed by atoms with van der Waals surface area (Å²) >= 11 is 0. The molecule has 3 rings (SSSR count). The zero-order valence-electron chi connectivity index (χ0n) is 16.3. The van der Waals surface area contributed by atoms with E-state index in [1.807, 2.05) is 11.0 Å². The van der Waals surface area contributed by atoms with E-state index in [4.69, 9.17) is 9.47 Å². The molecule has 0 bridgehead atoms. The van der Waals surface area contributed by atoms with E-state index in [0.717, 1.165) is 18.8 Å². The van der Waals surface area contributed by atoms with Crippen molar-refractivity contribution < 1.29 is 19.1 Å². The van der Waals surface area contributed by atoms with Gasteiger partial charge in [0, 0.05) is 39.2 Å². The molecule has 1 saturated heterocycles. The van der Waals surface area contributed by atoms with Crippen LogP contribution in [0.15, 0.2) is 36.5 Å². The molecule has 2 aromatic rings. The molecule has 28 heavy (non-hydrogen) atoms. The first-order valence-corrected chi connectivity index (χ1v) is 9.01. The molecule has 8 heteroatoms. The Morgan fingerprint density at radius 1 is 1.04 bits per heavy atom. The highest BCUT2D eigenvalue weighted by molar-refractivity contribution is 6.03. The Labute approximate surface area is 164 Å². The number of nitrogens with one attached hydrogen (secondary N) is 1. The van der Waals surface area contributed by atoms with E-state index < -0.39 is 0 Å². The SMILES string of the molecule is COc1ccc(OC)c(NC(=O)c2ccc(N3CCN(C(C)=O)CC3)cn2)c1. The highest BCUT2D eigenvalue weighted by Crippen LogP contribution is 2.29. The lowest BCUT2D eigenvalue weighted by Gasteiger charge is -2.35. The summed E-state index contributed by atoms with van der Waals surface area (Å²) in [6, 6.07) is 8.74. The van der Waals surface area contributed by atoms with Crippen molar-refractivity contribution in [2.45, 2.75) is 6.92 Å². The second kappa shape index (κ2) is 8.60. The highest BCUT2D eigenvalue weighted by atomic mass is 16.5. The minimum absolute atomic E-state index is 0.0952. The monoisotopic (exact) mass is 384 g/mol. The maximum atomic E-state index is 12.6. The van der Waals surface area contributed by atoms with Crippen molar-refractivity contribution in [3.63, 3.8) is 0 Å². The number of carbonyl (C=O) groups excluding carboxylic acids is 2. The number of aromatic nitrogens is 1. The summed E-state index contributed by atoms with van der Waals surface area (Å²) in [5, 5.41) is 2.81. The Balaban J connectivity index is 1.67. The van der Waals surface area contributed by atoms with Gasteiger partial charge in [-0.05, 0) is 24.3 Å². The van der Waals surface area contributed by atoms with Gasteiger partial charge in [-0.2, -0.15) is 0 Å². The Morgan fingerprint density at radius 3 is 2.36 bits per heavy atom. The molecule has 1 fully saturated rings. The number of piperazine rings is 1. The topological polar surface area (TPSA) is 84.0 Å². The molecule has 8 nitrogen and oxygen atoms in total. The number of benzene rings is 1. The van der Waals surface area contributed by atoms with E-state index in [0.29, 0.717) is 36.0 Å². The van der Waals surface area contributed by atoms with Crippen molar-refractivity contribution in [1.29, 1.82) is 0 Å². The molecule has 1 aromatic carbocycles. The molecule has 2 amide bonds.